The van der Waals surface area contributed by atoms with Crippen LogP contribution in [-0.4, -0.2) is 66.5 Å². The average Bonchev–Trinajstić information content (AvgIpc) is 3.58. The summed E-state index contributed by atoms with van der Waals surface area (Å²) in [6.45, 7) is 5.76. The molecular formula is C30H33F3N4O6. The average molecular weight is 603 g/mol. The second-order valence-electron chi connectivity index (χ2n) is 11.5. The summed E-state index contributed by atoms with van der Waals surface area (Å²) >= 11 is 0. The number of methoxy groups -OCH3 is 2. The highest BCUT2D eigenvalue weighted by atomic mass is 19.4. The molecule has 0 radical (unpaired) electrons. The van der Waals surface area contributed by atoms with E-state index >= 15 is 0 Å². The number of aromatic nitrogens is 2. The van der Waals surface area contributed by atoms with E-state index in [-0.39, 0.29) is 30.9 Å². The molecule has 1 fully saturated rings. The quantitative estimate of drug-likeness (QED) is 0.444. The van der Waals surface area contributed by atoms with E-state index in [9.17, 15) is 27.9 Å². The first-order valence-electron chi connectivity index (χ1n) is 13.7. The van der Waals surface area contributed by atoms with Crippen LogP contribution in [0, 0.1) is 0 Å². The van der Waals surface area contributed by atoms with Crippen molar-refractivity contribution in [3.8, 4) is 28.4 Å². The SMILES string of the molecule is COc1cc(OC)cc(-c2nn(-c3cc(N4CCC(O)C4)ccc3C(F)(F)F)c(=O)c3c2CCN3C(=O)OC(C)(C)C)c1. The van der Waals surface area contributed by atoms with Crippen LogP contribution in [0.3, 0.4) is 0 Å². The molecule has 1 saturated heterocycles. The fraction of sp³-hybridized carbons (Fsp3) is 0.433. The third kappa shape index (κ3) is 5.99. The van der Waals surface area contributed by atoms with Crippen molar-refractivity contribution in [2.75, 3.05) is 43.7 Å². The number of hydrogen-bond donors (Lipinski definition) is 1. The van der Waals surface area contributed by atoms with E-state index in [0.29, 0.717) is 46.0 Å². The molecule has 2 aliphatic heterocycles. The lowest BCUT2D eigenvalue weighted by molar-refractivity contribution is -0.137. The van der Waals surface area contributed by atoms with Crippen molar-refractivity contribution in [3.05, 3.63) is 57.9 Å². The van der Waals surface area contributed by atoms with Gasteiger partial charge in [-0.25, -0.2) is 4.79 Å². The molecule has 0 aliphatic carbocycles. The van der Waals surface area contributed by atoms with Crippen molar-refractivity contribution in [2.45, 2.75) is 51.5 Å². The number of aliphatic hydroxyl groups excluding tert-OH is 1. The molecule has 3 aromatic rings. The van der Waals surface area contributed by atoms with Gasteiger partial charge in [0, 0.05) is 42.5 Å². The van der Waals surface area contributed by atoms with Gasteiger partial charge in [-0.15, -0.1) is 0 Å². The normalized spacial score (nSPS) is 16.8. The van der Waals surface area contributed by atoms with Gasteiger partial charge in [-0.1, -0.05) is 0 Å². The Morgan fingerprint density at radius 3 is 2.26 bits per heavy atom. The molecule has 0 spiro atoms. The summed E-state index contributed by atoms with van der Waals surface area (Å²) in [7, 11) is 2.91. The van der Waals surface area contributed by atoms with Gasteiger partial charge < -0.3 is 24.2 Å². The summed E-state index contributed by atoms with van der Waals surface area (Å²) in [6.07, 6.45) is -5.58. The summed E-state index contributed by atoms with van der Waals surface area (Å²) < 4.78 is 60.3. The minimum atomic E-state index is -4.83. The minimum Gasteiger partial charge on any atom is -0.497 e. The smallest absolute Gasteiger partial charge is 0.418 e. The third-order valence-electron chi connectivity index (χ3n) is 7.30. The number of rotatable bonds is 5. The number of carbonyl (C=O) groups is 1. The fourth-order valence-electron chi connectivity index (χ4n) is 5.34. The van der Waals surface area contributed by atoms with Crippen LogP contribution in [0.1, 0.15) is 38.3 Å². The minimum absolute atomic E-state index is 0.0666. The number of anilines is 2. The van der Waals surface area contributed by atoms with E-state index in [2.05, 4.69) is 5.10 Å². The molecule has 0 saturated carbocycles. The molecule has 0 bridgehead atoms. The Morgan fingerprint density at radius 1 is 1.02 bits per heavy atom. The number of aliphatic hydroxyl groups is 1. The van der Waals surface area contributed by atoms with E-state index in [1.54, 1.807) is 43.9 Å². The lowest BCUT2D eigenvalue weighted by Gasteiger charge is -2.25. The molecule has 1 N–H and O–H groups in total. The number of nitrogens with zero attached hydrogens (tertiary/aromatic N) is 4. The molecule has 10 nitrogen and oxygen atoms in total. The van der Waals surface area contributed by atoms with Crippen molar-refractivity contribution in [2.24, 2.45) is 0 Å². The summed E-state index contributed by atoms with van der Waals surface area (Å²) in [6, 6.07) is 8.33. The van der Waals surface area contributed by atoms with Crippen molar-refractivity contribution in [3.63, 3.8) is 0 Å². The molecule has 5 rings (SSSR count). The standard InChI is InChI=1S/C30H33F3N4O6/c1-29(2,3)43-28(40)36-11-9-22-25(17-12-20(41-4)15-21(13-17)42-5)34-37(27(39)26(22)36)24-14-18(35-10-8-19(38)16-35)6-7-23(24)30(31,32)33/h6-7,12-15,19,38H,8-11,16H2,1-5H3. The number of alkyl halides is 3. The molecule has 1 aromatic heterocycles. The maximum absolute atomic E-state index is 14.4. The van der Waals surface area contributed by atoms with Gasteiger partial charge in [0.25, 0.3) is 5.56 Å². The Labute approximate surface area is 246 Å². The maximum Gasteiger partial charge on any atom is 0.418 e. The first-order chi connectivity index (χ1) is 20.2. The molecule has 1 atom stereocenters. The van der Waals surface area contributed by atoms with Gasteiger partial charge in [-0.3, -0.25) is 9.69 Å². The number of amides is 1. The van der Waals surface area contributed by atoms with E-state index in [0.717, 1.165) is 11.0 Å². The van der Waals surface area contributed by atoms with Crippen LogP contribution >= 0.6 is 0 Å². The molecule has 2 aromatic carbocycles. The Hall–Kier alpha value is -4.26. The van der Waals surface area contributed by atoms with E-state index in [4.69, 9.17) is 14.2 Å². The van der Waals surface area contributed by atoms with E-state index < -0.39 is 40.8 Å². The molecule has 43 heavy (non-hydrogen) atoms. The highest BCUT2D eigenvalue weighted by Gasteiger charge is 2.39. The van der Waals surface area contributed by atoms with Crippen molar-refractivity contribution in [1.29, 1.82) is 0 Å². The van der Waals surface area contributed by atoms with Crippen LogP contribution in [0.25, 0.3) is 16.9 Å². The fourth-order valence-corrected chi connectivity index (χ4v) is 5.34. The zero-order valence-corrected chi connectivity index (χ0v) is 24.5. The molecule has 1 unspecified atom stereocenters. The zero-order chi connectivity index (χ0) is 31.3. The summed E-state index contributed by atoms with van der Waals surface area (Å²) in [5, 5.41) is 14.5. The number of halogens is 3. The van der Waals surface area contributed by atoms with Crippen molar-refractivity contribution < 1.29 is 37.3 Å². The molecular weight excluding hydrogens is 569 g/mol. The maximum atomic E-state index is 14.4. The van der Waals surface area contributed by atoms with Gasteiger partial charge in [-0.2, -0.15) is 23.0 Å². The molecule has 3 heterocycles. The van der Waals surface area contributed by atoms with Gasteiger partial charge in [0.2, 0.25) is 0 Å². The second kappa shape index (κ2) is 11.1. The predicted octanol–water partition coefficient (Wildman–Crippen LogP) is 4.80. The van der Waals surface area contributed by atoms with Gasteiger partial charge in [0.1, 0.15) is 22.8 Å². The van der Waals surface area contributed by atoms with Crippen LogP contribution in [0.5, 0.6) is 11.5 Å². The van der Waals surface area contributed by atoms with Gasteiger partial charge >= 0.3 is 12.3 Å². The number of carbonyl (C=O) groups excluding carboxylic acids is 1. The van der Waals surface area contributed by atoms with Crippen LogP contribution in [-0.2, 0) is 17.3 Å². The monoisotopic (exact) mass is 602 g/mol. The first kappa shape index (κ1) is 30.2. The molecule has 13 heteroatoms. The van der Waals surface area contributed by atoms with Crippen LogP contribution in [0.2, 0.25) is 0 Å². The zero-order valence-electron chi connectivity index (χ0n) is 24.5. The van der Waals surface area contributed by atoms with Crippen LogP contribution in [0.15, 0.2) is 41.2 Å². The number of benzene rings is 2. The van der Waals surface area contributed by atoms with Gasteiger partial charge in [0.05, 0.1) is 37.3 Å². The summed E-state index contributed by atoms with van der Waals surface area (Å²) in [5.41, 5.74) is -2.11. The molecule has 230 valence electrons. The number of ether oxygens (including phenoxy) is 3. The molecule has 1 amide bonds. The summed E-state index contributed by atoms with van der Waals surface area (Å²) in [5.74, 6) is 0.797. The second-order valence-corrected chi connectivity index (χ2v) is 11.5. The Kier molecular flexibility index (Phi) is 7.80. The third-order valence-corrected chi connectivity index (χ3v) is 7.30. The Morgan fingerprint density at radius 2 is 1.70 bits per heavy atom. The number of β-amino-alcohol motifs (C(OH)–C–C–N with tert-alkyl or cyclic N) is 1. The number of hydrogen-bond acceptors (Lipinski definition) is 8. The molecule has 2 aliphatic rings. The Balaban J connectivity index is 1.80. The summed E-state index contributed by atoms with van der Waals surface area (Å²) in [4.78, 5) is 30.3. The van der Waals surface area contributed by atoms with Gasteiger partial charge in [-0.05, 0) is 63.9 Å². The van der Waals surface area contributed by atoms with Crippen molar-refractivity contribution in [1.82, 2.24) is 9.78 Å². The van der Waals surface area contributed by atoms with E-state index in [1.165, 1.54) is 26.4 Å². The van der Waals surface area contributed by atoms with E-state index in [1.807, 2.05) is 0 Å². The van der Waals surface area contributed by atoms with Crippen molar-refractivity contribution >= 4 is 17.5 Å². The van der Waals surface area contributed by atoms with Gasteiger partial charge in [0.15, 0.2) is 0 Å². The predicted molar refractivity (Wildman–Crippen MR) is 153 cm³/mol. The Bertz CT molecular complexity index is 1590. The van der Waals surface area contributed by atoms with Crippen LogP contribution in [0.4, 0.5) is 29.3 Å². The first-order valence-corrected chi connectivity index (χ1v) is 13.7. The largest absolute Gasteiger partial charge is 0.497 e. The lowest BCUT2D eigenvalue weighted by atomic mass is 10.0. The number of fused-ring (bicyclic) bond motifs is 1. The lowest BCUT2D eigenvalue weighted by Crippen LogP contribution is -2.39. The van der Waals surface area contributed by atoms with Crippen LogP contribution < -0.4 is 24.8 Å². The highest BCUT2D eigenvalue weighted by Crippen LogP contribution is 2.39. The highest BCUT2D eigenvalue weighted by molar-refractivity contribution is 5.92. The topological polar surface area (TPSA) is 106 Å².